The molecule has 1 aromatic heterocycles. The highest BCUT2D eigenvalue weighted by Gasteiger charge is 1.96. The number of H-pyrrole nitrogens is 1. The molecule has 1 aromatic rings. The number of nitrogens with one attached hydrogen (secondary N) is 1. The molecule has 19 heavy (non-hydrogen) atoms. The van der Waals surface area contributed by atoms with E-state index in [1.54, 1.807) is 0 Å². The SMILES string of the molecule is CC(=O)[O-].CCCCCCCCCC[n+]1cc[nH]c1. The van der Waals surface area contributed by atoms with Crippen LogP contribution in [0.1, 0.15) is 65.2 Å². The monoisotopic (exact) mass is 268 g/mol. The molecule has 0 aliphatic rings. The average Bonchev–Trinajstić information content (AvgIpc) is 2.85. The fourth-order valence-corrected chi connectivity index (χ4v) is 1.89. The number of rotatable bonds is 9. The van der Waals surface area contributed by atoms with Gasteiger partial charge in [0.1, 0.15) is 12.4 Å². The number of aromatic nitrogens is 2. The minimum Gasteiger partial charge on any atom is -0.550 e. The van der Waals surface area contributed by atoms with Crippen molar-refractivity contribution in [3.8, 4) is 0 Å². The average molecular weight is 268 g/mol. The van der Waals surface area contributed by atoms with Gasteiger partial charge in [-0.3, -0.25) is 4.98 Å². The molecule has 0 fully saturated rings. The van der Waals surface area contributed by atoms with Crippen molar-refractivity contribution >= 4 is 5.97 Å². The highest BCUT2D eigenvalue weighted by atomic mass is 16.4. The van der Waals surface area contributed by atoms with Crippen molar-refractivity contribution in [2.24, 2.45) is 0 Å². The summed E-state index contributed by atoms with van der Waals surface area (Å²) in [5.41, 5.74) is 0. The summed E-state index contributed by atoms with van der Waals surface area (Å²) >= 11 is 0. The van der Waals surface area contributed by atoms with Crippen LogP contribution in [0.3, 0.4) is 0 Å². The number of aromatic amines is 1. The van der Waals surface area contributed by atoms with Gasteiger partial charge in [-0.25, -0.2) is 4.57 Å². The van der Waals surface area contributed by atoms with Gasteiger partial charge in [0.25, 0.3) is 0 Å². The van der Waals surface area contributed by atoms with Crippen LogP contribution in [0, 0.1) is 0 Å². The summed E-state index contributed by atoms with van der Waals surface area (Å²) in [6.45, 7) is 4.41. The van der Waals surface area contributed by atoms with Crippen LogP contribution >= 0.6 is 0 Å². The fraction of sp³-hybridized carbons (Fsp3) is 0.733. The van der Waals surface area contributed by atoms with E-state index >= 15 is 0 Å². The third-order valence-electron chi connectivity index (χ3n) is 2.87. The maximum atomic E-state index is 8.89. The number of aliphatic carboxylic acids is 1. The molecule has 0 saturated heterocycles. The number of carboxylic acids is 1. The number of hydrogen-bond donors (Lipinski definition) is 1. The Morgan fingerprint density at radius 3 is 2.11 bits per heavy atom. The number of carbonyl (C=O) groups is 1. The molecule has 0 bridgehead atoms. The molecule has 0 spiro atoms. The van der Waals surface area contributed by atoms with Crippen LogP contribution < -0.4 is 9.67 Å². The molecule has 0 aliphatic carbocycles. The fourth-order valence-electron chi connectivity index (χ4n) is 1.89. The van der Waals surface area contributed by atoms with E-state index < -0.39 is 5.97 Å². The van der Waals surface area contributed by atoms with Crippen molar-refractivity contribution in [1.29, 1.82) is 0 Å². The van der Waals surface area contributed by atoms with Crippen LogP contribution in [-0.2, 0) is 11.3 Å². The van der Waals surface area contributed by atoms with E-state index in [0.717, 1.165) is 6.92 Å². The summed E-state index contributed by atoms with van der Waals surface area (Å²) < 4.78 is 2.22. The maximum Gasteiger partial charge on any atom is 0.241 e. The zero-order valence-electron chi connectivity index (χ0n) is 12.4. The Balaban J connectivity index is 0.000000711. The van der Waals surface area contributed by atoms with Crippen molar-refractivity contribution in [1.82, 2.24) is 4.98 Å². The van der Waals surface area contributed by atoms with Crippen molar-refractivity contribution in [2.75, 3.05) is 0 Å². The third-order valence-corrected chi connectivity index (χ3v) is 2.87. The van der Waals surface area contributed by atoms with Gasteiger partial charge in [-0.1, -0.05) is 45.4 Å². The highest BCUT2D eigenvalue weighted by Crippen LogP contribution is 2.07. The van der Waals surface area contributed by atoms with Crippen molar-refractivity contribution in [2.45, 2.75) is 71.8 Å². The predicted molar refractivity (Wildman–Crippen MR) is 74.3 cm³/mol. The molecular formula is C15H28N2O2. The first kappa shape index (κ1) is 17.7. The minimum absolute atomic E-state index is 0.972. The predicted octanol–water partition coefficient (Wildman–Crippen LogP) is 2.20. The summed E-state index contributed by atoms with van der Waals surface area (Å²) in [4.78, 5) is 12.0. The summed E-state index contributed by atoms with van der Waals surface area (Å²) in [5, 5.41) is 8.89. The molecule has 1 N–H and O–H groups in total. The zero-order chi connectivity index (χ0) is 14.3. The molecule has 0 unspecified atom stereocenters. The first-order valence-electron chi connectivity index (χ1n) is 7.36. The molecular weight excluding hydrogens is 240 g/mol. The van der Waals surface area contributed by atoms with Gasteiger partial charge in [-0.15, -0.1) is 0 Å². The molecule has 0 saturated carbocycles. The quantitative estimate of drug-likeness (QED) is 0.551. The Labute approximate surface area is 116 Å². The topological polar surface area (TPSA) is 59.8 Å². The number of aryl methyl sites for hydroxylation is 1. The minimum atomic E-state index is -1.08. The number of nitrogens with zero attached hydrogens (tertiary/aromatic N) is 1. The Kier molecular flexibility index (Phi) is 12.2. The normalized spacial score (nSPS) is 9.79. The lowest BCUT2D eigenvalue weighted by molar-refractivity contribution is -0.696. The number of carbonyl (C=O) groups excluding carboxylic acids is 1. The zero-order valence-corrected chi connectivity index (χ0v) is 12.4. The van der Waals surface area contributed by atoms with Gasteiger partial charge in [0.2, 0.25) is 6.33 Å². The van der Waals surface area contributed by atoms with Crippen LogP contribution in [0.5, 0.6) is 0 Å². The first-order valence-corrected chi connectivity index (χ1v) is 7.36. The molecule has 1 rings (SSSR count). The lowest BCUT2D eigenvalue weighted by Gasteiger charge is -2.00. The molecule has 0 atom stereocenters. The largest absolute Gasteiger partial charge is 0.550 e. The van der Waals surface area contributed by atoms with Gasteiger partial charge in [0.15, 0.2) is 0 Å². The van der Waals surface area contributed by atoms with E-state index in [9.17, 15) is 0 Å². The van der Waals surface area contributed by atoms with E-state index in [0.29, 0.717) is 0 Å². The number of unbranched alkanes of at least 4 members (excludes halogenated alkanes) is 7. The van der Waals surface area contributed by atoms with Gasteiger partial charge in [0, 0.05) is 5.97 Å². The molecule has 0 radical (unpaired) electrons. The Hall–Kier alpha value is -1.32. The van der Waals surface area contributed by atoms with E-state index in [4.69, 9.17) is 9.90 Å². The first-order chi connectivity index (χ1) is 9.16. The van der Waals surface area contributed by atoms with Gasteiger partial charge < -0.3 is 9.90 Å². The molecule has 4 nitrogen and oxygen atoms in total. The number of hydrogen-bond acceptors (Lipinski definition) is 2. The lowest BCUT2D eigenvalue weighted by atomic mass is 10.1. The van der Waals surface area contributed by atoms with Crippen molar-refractivity contribution < 1.29 is 14.5 Å². The second-order valence-electron chi connectivity index (χ2n) is 4.82. The smallest absolute Gasteiger partial charge is 0.241 e. The number of carboxylic acid groups (broad SMARTS) is 1. The Bertz CT molecular complexity index is 293. The summed E-state index contributed by atoms with van der Waals surface area (Å²) in [5.74, 6) is -1.08. The molecule has 0 aliphatic heterocycles. The Morgan fingerprint density at radius 2 is 1.63 bits per heavy atom. The van der Waals surface area contributed by atoms with E-state index in [-0.39, 0.29) is 0 Å². The van der Waals surface area contributed by atoms with Crippen LogP contribution in [0.25, 0.3) is 0 Å². The van der Waals surface area contributed by atoms with Crippen molar-refractivity contribution in [3.63, 3.8) is 0 Å². The molecule has 110 valence electrons. The molecule has 4 heteroatoms. The van der Waals surface area contributed by atoms with Gasteiger partial charge in [-0.2, -0.15) is 0 Å². The van der Waals surface area contributed by atoms with Gasteiger partial charge in [-0.05, 0) is 19.8 Å². The maximum absolute atomic E-state index is 8.89. The second kappa shape index (κ2) is 13.1. The summed E-state index contributed by atoms with van der Waals surface area (Å²) in [6, 6.07) is 0. The standard InChI is InChI=1S/C13H24N2.C2H4O2/c1-2-3-4-5-6-7-8-9-11-15-12-10-14-13-15;1-2(3)4/h10,12-13H,2-9,11H2,1H3;1H3,(H,3,4). The van der Waals surface area contributed by atoms with Crippen LogP contribution in [0.2, 0.25) is 0 Å². The molecule has 0 aromatic carbocycles. The van der Waals surface area contributed by atoms with Crippen LogP contribution in [0.4, 0.5) is 0 Å². The lowest BCUT2D eigenvalue weighted by Crippen LogP contribution is -2.30. The summed E-state index contributed by atoms with van der Waals surface area (Å²) in [7, 11) is 0. The number of imidazole rings is 1. The summed E-state index contributed by atoms with van der Waals surface area (Å²) in [6.07, 6.45) is 17.3. The van der Waals surface area contributed by atoms with Gasteiger partial charge >= 0.3 is 0 Å². The highest BCUT2D eigenvalue weighted by molar-refractivity contribution is 5.60. The van der Waals surface area contributed by atoms with Crippen LogP contribution in [0.15, 0.2) is 18.7 Å². The second-order valence-corrected chi connectivity index (χ2v) is 4.82. The van der Waals surface area contributed by atoms with E-state index in [1.807, 2.05) is 12.5 Å². The third kappa shape index (κ3) is 14.6. The van der Waals surface area contributed by atoms with E-state index in [2.05, 4.69) is 22.7 Å². The van der Waals surface area contributed by atoms with Gasteiger partial charge in [0.05, 0.1) is 6.54 Å². The molecule has 1 heterocycles. The van der Waals surface area contributed by atoms with Crippen LogP contribution in [-0.4, -0.2) is 11.0 Å². The van der Waals surface area contributed by atoms with E-state index in [1.165, 1.54) is 57.9 Å². The van der Waals surface area contributed by atoms with Crippen molar-refractivity contribution in [3.05, 3.63) is 18.7 Å². The molecule has 0 amide bonds. The Morgan fingerprint density at radius 1 is 1.11 bits per heavy atom.